The van der Waals surface area contributed by atoms with Gasteiger partial charge in [-0.15, -0.1) is 0 Å². The molecule has 1 N–H and O–H groups in total. The van der Waals surface area contributed by atoms with Crippen LogP contribution in [0.3, 0.4) is 0 Å². The maximum absolute atomic E-state index is 10.1. The molecule has 1 aliphatic heterocycles. The molecule has 0 amide bonds. The van der Waals surface area contributed by atoms with Crippen LogP contribution in [0.15, 0.2) is 16.6 Å². The Morgan fingerprint density at radius 1 is 1.50 bits per heavy atom. The highest BCUT2D eigenvalue weighted by Crippen LogP contribution is 2.45. The Bertz CT molecular complexity index is 392. The molecule has 0 bridgehead atoms. The van der Waals surface area contributed by atoms with Gasteiger partial charge in [0.25, 0.3) is 0 Å². The van der Waals surface area contributed by atoms with E-state index in [-0.39, 0.29) is 6.10 Å². The highest BCUT2D eigenvalue weighted by molar-refractivity contribution is 9.10. The first-order valence-electron chi connectivity index (χ1n) is 5.39. The molecule has 2 rings (SSSR count). The molecule has 0 radical (unpaired) electrons. The van der Waals surface area contributed by atoms with E-state index in [0.717, 1.165) is 34.4 Å². The normalized spacial score (nSPS) is 22.8. The second kappa shape index (κ2) is 4.63. The van der Waals surface area contributed by atoms with Crippen molar-refractivity contribution in [1.29, 1.82) is 0 Å². The van der Waals surface area contributed by atoms with Crippen LogP contribution in [0.2, 0.25) is 0 Å². The predicted molar refractivity (Wildman–Crippen MR) is 65.0 cm³/mol. The maximum Gasteiger partial charge on any atom is 0.140 e. The van der Waals surface area contributed by atoms with E-state index in [4.69, 9.17) is 9.47 Å². The molecule has 16 heavy (non-hydrogen) atoms. The van der Waals surface area contributed by atoms with Crippen LogP contribution in [0.25, 0.3) is 0 Å². The zero-order chi connectivity index (χ0) is 11.7. The van der Waals surface area contributed by atoms with E-state index in [2.05, 4.69) is 22.9 Å². The monoisotopic (exact) mass is 286 g/mol. The smallest absolute Gasteiger partial charge is 0.140 e. The van der Waals surface area contributed by atoms with Gasteiger partial charge in [0.15, 0.2) is 0 Å². The highest BCUT2D eigenvalue weighted by atomic mass is 79.9. The molecular formula is C12H15BrO3. The van der Waals surface area contributed by atoms with Gasteiger partial charge in [-0.05, 0) is 34.5 Å². The van der Waals surface area contributed by atoms with Gasteiger partial charge < -0.3 is 14.6 Å². The Hall–Kier alpha value is -0.740. The molecular weight excluding hydrogens is 272 g/mol. The molecule has 1 aromatic carbocycles. The zero-order valence-electron chi connectivity index (χ0n) is 9.37. The molecule has 0 saturated heterocycles. The summed E-state index contributed by atoms with van der Waals surface area (Å²) in [7, 11) is 1.61. The number of hydrogen-bond donors (Lipinski definition) is 1. The third-order valence-corrected chi connectivity index (χ3v) is 3.38. The molecule has 2 atom stereocenters. The maximum atomic E-state index is 10.1. The lowest BCUT2D eigenvalue weighted by Gasteiger charge is -2.12. The van der Waals surface area contributed by atoms with Gasteiger partial charge in [0, 0.05) is 5.56 Å². The van der Waals surface area contributed by atoms with Crippen molar-refractivity contribution >= 4 is 15.9 Å². The minimum atomic E-state index is -0.554. The summed E-state index contributed by atoms with van der Waals surface area (Å²) in [5, 5.41) is 10.1. The van der Waals surface area contributed by atoms with Gasteiger partial charge in [0.05, 0.1) is 11.6 Å². The Kier molecular flexibility index (Phi) is 3.40. The summed E-state index contributed by atoms with van der Waals surface area (Å²) in [6.07, 6.45) is 1.15. The minimum Gasteiger partial charge on any atom is -0.497 e. The van der Waals surface area contributed by atoms with Gasteiger partial charge in [-0.1, -0.05) is 13.3 Å². The summed E-state index contributed by atoms with van der Waals surface area (Å²) in [4.78, 5) is 0. The number of halogens is 1. The van der Waals surface area contributed by atoms with Crippen LogP contribution in [0.1, 0.15) is 31.4 Å². The van der Waals surface area contributed by atoms with Crippen molar-refractivity contribution in [3.05, 3.63) is 22.2 Å². The molecule has 88 valence electrons. The Balaban J connectivity index is 2.35. The van der Waals surface area contributed by atoms with E-state index < -0.39 is 6.10 Å². The summed E-state index contributed by atoms with van der Waals surface area (Å²) in [5.74, 6) is 1.47. The lowest BCUT2D eigenvalue weighted by atomic mass is 10.0. The topological polar surface area (TPSA) is 38.7 Å². The van der Waals surface area contributed by atoms with E-state index in [0.29, 0.717) is 0 Å². The fraction of sp³-hybridized carbons (Fsp3) is 0.500. The largest absolute Gasteiger partial charge is 0.497 e. The fourth-order valence-electron chi connectivity index (χ4n) is 1.97. The summed E-state index contributed by atoms with van der Waals surface area (Å²) in [6, 6.07) is 3.68. The number of hydrogen-bond acceptors (Lipinski definition) is 3. The summed E-state index contributed by atoms with van der Waals surface area (Å²) >= 11 is 3.43. The number of methoxy groups -OCH3 is 1. The van der Waals surface area contributed by atoms with Gasteiger partial charge in [0.1, 0.15) is 23.7 Å². The van der Waals surface area contributed by atoms with Crippen LogP contribution in [-0.2, 0) is 0 Å². The Morgan fingerprint density at radius 3 is 2.88 bits per heavy atom. The Labute approximate surface area is 104 Å². The second-order valence-corrected chi connectivity index (χ2v) is 4.77. The van der Waals surface area contributed by atoms with Crippen LogP contribution in [-0.4, -0.2) is 18.3 Å². The third kappa shape index (κ3) is 1.92. The summed E-state index contributed by atoms with van der Waals surface area (Å²) in [5.41, 5.74) is 0.810. The first-order chi connectivity index (χ1) is 7.67. The quantitative estimate of drug-likeness (QED) is 0.928. The molecule has 2 unspecified atom stereocenters. The van der Waals surface area contributed by atoms with Gasteiger partial charge in [0.2, 0.25) is 0 Å². The molecule has 1 aromatic rings. The average Bonchev–Trinajstić information content (AvgIpc) is 2.58. The molecule has 4 heteroatoms. The predicted octanol–water partition coefficient (Wildman–Crippen LogP) is 3.05. The fourth-order valence-corrected chi connectivity index (χ4v) is 2.52. The van der Waals surface area contributed by atoms with Crippen LogP contribution < -0.4 is 9.47 Å². The number of rotatable bonds is 3. The highest BCUT2D eigenvalue weighted by Gasteiger charge is 2.34. The van der Waals surface area contributed by atoms with Crippen molar-refractivity contribution < 1.29 is 14.6 Å². The summed E-state index contributed by atoms with van der Waals surface area (Å²) in [6.45, 7) is 2.08. The van der Waals surface area contributed by atoms with Crippen molar-refractivity contribution in [3.63, 3.8) is 0 Å². The molecule has 1 heterocycles. The summed E-state index contributed by atoms with van der Waals surface area (Å²) < 4.78 is 11.7. The standard InChI is InChI=1S/C12H15BrO3/c1-3-4-10-11(14)8-5-7(15-2)6-9(13)12(8)16-10/h5-6,10-11,14H,3-4H2,1-2H3. The van der Waals surface area contributed by atoms with E-state index >= 15 is 0 Å². The lowest BCUT2D eigenvalue weighted by Crippen LogP contribution is -2.17. The third-order valence-electron chi connectivity index (χ3n) is 2.79. The van der Waals surface area contributed by atoms with Crippen molar-refractivity contribution in [3.8, 4) is 11.5 Å². The van der Waals surface area contributed by atoms with Gasteiger partial charge >= 0.3 is 0 Å². The molecule has 0 aliphatic carbocycles. The first kappa shape index (κ1) is 11.7. The number of aliphatic hydroxyl groups excluding tert-OH is 1. The van der Waals surface area contributed by atoms with Crippen LogP contribution in [0.5, 0.6) is 11.5 Å². The van der Waals surface area contributed by atoms with Crippen molar-refractivity contribution in [1.82, 2.24) is 0 Å². The first-order valence-corrected chi connectivity index (χ1v) is 6.18. The minimum absolute atomic E-state index is 0.136. The molecule has 0 fully saturated rings. The number of benzene rings is 1. The van der Waals surface area contributed by atoms with E-state index in [1.54, 1.807) is 7.11 Å². The molecule has 3 nitrogen and oxygen atoms in total. The lowest BCUT2D eigenvalue weighted by molar-refractivity contribution is 0.0614. The van der Waals surface area contributed by atoms with Gasteiger partial charge in [-0.25, -0.2) is 0 Å². The van der Waals surface area contributed by atoms with Crippen molar-refractivity contribution in [2.24, 2.45) is 0 Å². The van der Waals surface area contributed by atoms with Crippen LogP contribution in [0.4, 0.5) is 0 Å². The SMILES string of the molecule is CCCC1Oc2c(Br)cc(OC)cc2C1O. The Morgan fingerprint density at radius 2 is 2.25 bits per heavy atom. The molecule has 0 aromatic heterocycles. The van der Waals surface area contributed by atoms with Gasteiger partial charge in [-0.3, -0.25) is 0 Å². The van der Waals surface area contributed by atoms with Crippen LogP contribution in [0, 0.1) is 0 Å². The second-order valence-electron chi connectivity index (χ2n) is 3.92. The molecule has 0 spiro atoms. The van der Waals surface area contributed by atoms with Crippen molar-refractivity contribution in [2.75, 3.05) is 7.11 Å². The number of ether oxygens (including phenoxy) is 2. The van der Waals surface area contributed by atoms with Crippen LogP contribution >= 0.6 is 15.9 Å². The van der Waals surface area contributed by atoms with E-state index in [9.17, 15) is 5.11 Å². The molecule has 0 saturated carbocycles. The van der Waals surface area contributed by atoms with Crippen molar-refractivity contribution in [2.45, 2.75) is 32.0 Å². The van der Waals surface area contributed by atoms with E-state index in [1.165, 1.54) is 0 Å². The van der Waals surface area contributed by atoms with Gasteiger partial charge in [-0.2, -0.15) is 0 Å². The zero-order valence-corrected chi connectivity index (χ0v) is 11.0. The molecule has 1 aliphatic rings. The van der Waals surface area contributed by atoms with E-state index in [1.807, 2.05) is 12.1 Å². The average molecular weight is 287 g/mol. The number of fused-ring (bicyclic) bond motifs is 1. The number of aliphatic hydroxyl groups is 1.